The molecule has 2 aromatic carbocycles. The van der Waals surface area contributed by atoms with Crippen LogP contribution in [0.15, 0.2) is 47.4 Å². The van der Waals surface area contributed by atoms with Crippen LogP contribution in [0.5, 0.6) is 0 Å². The Morgan fingerprint density at radius 3 is 2.85 bits per heavy atom. The number of amides is 1. The predicted molar refractivity (Wildman–Crippen MR) is 114 cm³/mol. The highest BCUT2D eigenvalue weighted by atomic mass is 35.5. The molecule has 0 radical (unpaired) electrons. The molecule has 0 saturated heterocycles. The van der Waals surface area contributed by atoms with Crippen LogP contribution in [0.25, 0.3) is 6.08 Å². The molecule has 1 amide bonds. The van der Waals surface area contributed by atoms with Crippen LogP contribution >= 0.6 is 23.4 Å². The molecule has 0 heterocycles. The minimum Gasteiger partial charge on any atom is -0.398 e. The number of anilines is 2. The first kappa shape index (κ1) is 21.3. The van der Waals surface area contributed by atoms with Crippen molar-refractivity contribution in [2.75, 3.05) is 23.5 Å². The van der Waals surface area contributed by atoms with Crippen molar-refractivity contribution >= 4 is 46.7 Å². The van der Waals surface area contributed by atoms with Crippen LogP contribution in [-0.4, -0.2) is 18.3 Å². The minimum atomic E-state index is -0.491. The molecule has 0 saturated carbocycles. The summed E-state index contributed by atoms with van der Waals surface area (Å²) in [5, 5.41) is 6.15. The second kappa shape index (κ2) is 11.0. The zero-order chi connectivity index (χ0) is 19.6. The molecule has 4 N–H and O–H groups in total. The van der Waals surface area contributed by atoms with Gasteiger partial charge in [0.2, 0.25) is 5.91 Å². The number of unbranched alkanes of at least 4 members (excludes halogenated alkanes) is 1. The fourth-order valence-corrected chi connectivity index (χ4v) is 3.25. The first-order chi connectivity index (χ1) is 13.0. The summed E-state index contributed by atoms with van der Waals surface area (Å²) in [5.74, 6) is -0.0288. The molecular formula is C20H23ClFN3OS. The molecule has 0 aliphatic heterocycles. The summed E-state index contributed by atoms with van der Waals surface area (Å²) in [6.07, 6.45) is 5.24. The minimum absolute atomic E-state index is 0.0188. The Labute approximate surface area is 168 Å². The highest BCUT2D eigenvalue weighted by Gasteiger charge is 2.05. The van der Waals surface area contributed by atoms with Gasteiger partial charge in [0.05, 0.1) is 5.02 Å². The summed E-state index contributed by atoms with van der Waals surface area (Å²) in [5.41, 5.74) is 7.98. The second-order valence-electron chi connectivity index (χ2n) is 5.89. The molecule has 144 valence electrons. The van der Waals surface area contributed by atoms with Crippen molar-refractivity contribution in [3.8, 4) is 0 Å². The third-order valence-electron chi connectivity index (χ3n) is 3.69. The molecule has 0 atom stereocenters. The number of nitrogens with one attached hydrogen (secondary N) is 2. The molecule has 2 rings (SSSR count). The smallest absolute Gasteiger partial charge is 0.248 e. The van der Waals surface area contributed by atoms with Gasteiger partial charge in [0.1, 0.15) is 5.82 Å². The van der Waals surface area contributed by atoms with E-state index in [4.69, 9.17) is 17.3 Å². The third-order valence-corrected chi connectivity index (χ3v) is 4.99. The molecule has 7 heteroatoms. The molecular weight excluding hydrogens is 385 g/mol. The number of hydrogen-bond donors (Lipinski definition) is 3. The number of benzene rings is 2. The maximum Gasteiger partial charge on any atom is 0.248 e. The Morgan fingerprint density at radius 2 is 2.11 bits per heavy atom. The van der Waals surface area contributed by atoms with Crippen LogP contribution < -0.4 is 16.4 Å². The highest BCUT2D eigenvalue weighted by Crippen LogP contribution is 2.27. The molecule has 0 aliphatic rings. The standard InChI is InChI=1S/C20H23ClFN3OS/c1-2-3-10-24-13-27-19-12-15(6-8-18(19)23)25-20(26)9-5-14-4-7-17(22)16(21)11-14/h4-9,11-12,24H,2-3,10,13,23H2,1H3,(H,25,26)/b9-5+. The van der Waals surface area contributed by atoms with Crippen LogP contribution in [0.2, 0.25) is 5.02 Å². The van der Waals surface area contributed by atoms with Gasteiger partial charge >= 0.3 is 0 Å². The quantitative estimate of drug-likeness (QED) is 0.177. The molecule has 2 aromatic rings. The number of hydrogen-bond acceptors (Lipinski definition) is 4. The molecule has 0 spiro atoms. The summed E-state index contributed by atoms with van der Waals surface area (Å²) in [4.78, 5) is 13.0. The average molecular weight is 408 g/mol. The van der Waals surface area contributed by atoms with Gasteiger partial charge in [-0.1, -0.05) is 31.0 Å². The number of rotatable bonds is 9. The van der Waals surface area contributed by atoms with E-state index >= 15 is 0 Å². The van der Waals surface area contributed by atoms with Crippen molar-refractivity contribution < 1.29 is 9.18 Å². The van der Waals surface area contributed by atoms with E-state index in [2.05, 4.69) is 17.6 Å². The van der Waals surface area contributed by atoms with Crippen LogP contribution in [0.1, 0.15) is 25.3 Å². The lowest BCUT2D eigenvalue weighted by molar-refractivity contribution is -0.111. The number of carbonyl (C=O) groups excluding carboxylic acids is 1. The largest absolute Gasteiger partial charge is 0.398 e. The number of nitrogens with two attached hydrogens (primary N) is 1. The number of carbonyl (C=O) groups is 1. The summed E-state index contributed by atoms with van der Waals surface area (Å²) >= 11 is 7.33. The van der Waals surface area contributed by atoms with Gasteiger partial charge in [-0.2, -0.15) is 0 Å². The van der Waals surface area contributed by atoms with E-state index in [0.29, 0.717) is 16.9 Å². The zero-order valence-electron chi connectivity index (χ0n) is 15.1. The van der Waals surface area contributed by atoms with Crippen molar-refractivity contribution in [1.29, 1.82) is 0 Å². The first-order valence-corrected chi connectivity index (χ1v) is 10.0. The first-order valence-electron chi connectivity index (χ1n) is 8.66. The van der Waals surface area contributed by atoms with E-state index in [1.165, 1.54) is 18.2 Å². The van der Waals surface area contributed by atoms with Crippen LogP contribution in [-0.2, 0) is 4.79 Å². The van der Waals surface area contributed by atoms with Crippen molar-refractivity contribution in [2.45, 2.75) is 24.7 Å². The fourth-order valence-electron chi connectivity index (χ4n) is 2.21. The second-order valence-corrected chi connectivity index (χ2v) is 7.32. The Hall–Kier alpha value is -2.02. The summed E-state index contributed by atoms with van der Waals surface area (Å²) < 4.78 is 13.2. The molecule has 27 heavy (non-hydrogen) atoms. The van der Waals surface area contributed by atoms with E-state index in [0.717, 1.165) is 30.2 Å². The Kier molecular flexibility index (Phi) is 8.64. The molecule has 0 unspecified atom stereocenters. The average Bonchev–Trinajstić information content (AvgIpc) is 2.65. The monoisotopic (exact) mass is 407 g/mol. The Bertz CT molecular complexity index is 814. The van der Waals surface area contributed by atoms with E-state index < -0.39 is 5.82 Å². The van der Waals surface area contributed by atoms with E-state index in [1.54, 1.807) is 36.0 Å². The van der Waals surface area contributed by atoms with E-state index in [1.807, 2.05) is 6.07 Å². The summed E-state index contributed by atoms with van der Waals surface area (Å²) in [6.45, 7) is 3.12. The van der Waals surface area contributed by atoms with Crippen LogP contribution in [0, 0.1) is 5.82 Å². The van der Waals surface area contributed by atoms with E-state index in [-0.39, 0.29) is 10.9 Å². The van der Waals surface area contributed by atoms with Gasteiger partial charge in [-0.05, 0) is 54.9 Å². The molecule has 4 nitrogen and oxygen atoms in total. The lowest BCUT2D eigenvalue weighted by atomic mass is 10.2. The predicted octanol–water partition coefficient (Wildman–Crippen LogP) is 5.15. The van der Waals surface area contributed by atoms with Gasteiger partial charge < -0.3 is 16.4 Å². The molecule has 0 fully saturated rings. The molecule has 0 bridgehead atoms. The van der Waals surface area contributed by atoms with E-state index in [9.17, 15) is 9.18 Å². The van der Waals surface area contributed by atoms with Gasteiger partial charge in [-0.3, -0.25) is 4.79 Å². The van der Waals surface area contributed by atoms with Gasteiger partial charge in [0, 0.05) is 28.2 Å². The summed E-state index contributed by atoms with van der Waals surface area (Å²) in [7, 11) is 0. The number of thioether (sulfide) groups is 1. The Balaban J connectivity index is 1.93. The van der Waals surface area contributed by atoms with Crippen molar-refractivity contribution in [2.24, 2.45) is 0 Å². The molecule has 0 aliphatic carbocycles. The topological polar surface area (TPSA) is 67.1 Å². The number of halogens is 2. The number of nitrogen functional groups attached to an aromatic ring is 1. The maximum atomic E-state index is 13.2. The Morgan fingerprint density at radius 1 is 1.30 bits per heavy atom. The maximum absolute atomic E-state index is 13.2. The third kappa shape index (κ3) is 7.25. The normalized spacial score (nSPS) is 11.1. The lowest BCUT2D eigenvalue weighted by Gasteiger charge is -2.09. The molecule has 0 aromatic heterocycles. The van der Waals surface area contributed by atoms with Crippen molar-refractivity contribution in [1.82, 2.24) is 5.32 Å². The van der Waals surface area contributed by atoms with Crippen LogP contribution in [0.3, 0.4) is 0 Å². The zero-order valence-corrected chi connectivity index (χ0v) is 16.7. The van der Waals surface area contributed by atoms with Gasteiger partial charge in [-0.25, -0.2) is 4.39 Å². The van der Waals surface area contributed by atoms with Gasteiger partial charge in [0.25, 0.3) is 0 Å². The lowest BCUT2D eigenvalue weighted by Crippen LogP contribution is -2.14. The van der Waals surface area contributed by atoms with Gasteiger partial charge in [0.15, 0.2) is 0 Å². The summed E-state index contributed by atoms with van der Waals surface area (Å²) in [6, 6.07) is 9.65. The van der Waals surface area contributed by atoms with Gasteiger partial charge in [-0.15, -0.1) is 11.8 Å². The fraction of sp³-hybridized carbons (Fsp3) is 0.250. The SMILES string of the molecule is CCCCNCSc1cc(NC(=O)/C=C/c2ccc(F)c(Cl)c2)ccc1N. The van der Waals surface area contributed by atoms with Crippen LogP contribution in [0.4, 0.5) is 15.8 Å². The van der Waals surface area contributed by atoms with Crippen molar-refractivity contribution in [3.63, 3.8) is 0 Å². The highest BCUT2D eigenvalue weighted by molar-refractivity contribution is 7.99. The van der Waals surface area contributed by atoms with Crippen molar-refractivity contribution in [3.05, 3.63) is 58.9 Å².